The summed E-state index contributed by atoms with van der Waals surface area (Å²) in [5.74, 6) is -0.215. The van der Waals surface area contributed by atoms with Crippen molar-refractivity contribution in [1.82, 2.24) is 15.1 Å². The van der Waals surface area contributed by atoms with E-state index in [1.54, 1.807) is 12.1 Å². The van der Waals surface area contributed by atoms with Gasteiger partial charge in [0.2, 0.25) is 5.91 Å². The van der Waals surface area contributed by atoms with Crippen LogP contribution in [0.5, 0.6) is 0 Å². The van der Waals surface area contributed by atoms with Gasteiger partial charge in [0.15, 0.2) is 0 Å². The molecule has 0 bridgehead atoms. The first kappa shape index (κ1) is 26.3. The summed E-state index contributed by atoms with van der Waals surface area (Å²) in [4.78, 5) is 17.4. The second-order valence-corrected chi connectivity index (χ2v) is 10.6. The SMILES string of the molecule is O=C(C[C@@H]1CC[C@H]2[C@@H](COC[C@@H](O)CN2Cc2ccccc2F)O1)N[C@H]1CCN(Cc2ccccc2)C1. The van der Waals surface area contributed by atoms with Gasteiger partial charge in [0, 0.05) is 50.4 Å². The zero-order valence-electron chi connectivity index (χ0n) is 21.3. The third-order valence-electron chi connectivity index (χ3n) is 7.72. The fourth-order valence-electron chi connectivity index (χ4n) is 5.90. The van der Waals surface area contributed by atoms with E-state index in [4.69, 9.17) is 9.47 Å². The van der Waals surface area contributed by atoms with Gasteiger partial charge in [-0.1, -0.05) is 48.5 Å². The summed E-state index contributed by atoms with van der Waals surface area (Å²) in [6, 6.07) is 17.3. The van der Waals surface area contributed by atoms with Crippen LogP contribution < -0.4 is 5.32 Å². The van der Waals surface area contributed by atoms with Crippen LogP contribution in [0.3, 0.4) is 0 Å². The lowest BCUT2D eigenvalue weighted by Gasteiger charge is -2.44. The minimum absolute atomic E-state index is 0.00440. The third kappa shape index (κ3) is 7.15. The Bertz CT molecular complexity index is 1030. The molecule has 0 saturated carbocycles. The number of halogens is 1. The number of carbonyl (C=O) groups excluding carboxylic acids is 1. The zero-order chi connectivity index (χ0) is 25.6. The Kier molecular flexibility index (Phi) is 8.84. The molecule has 3 heterocycles. The van der Waals surface area contributed by atoms with Crippen molar-refractivity contribution in [3.05, 3.63) is 71.5 Å². The number of likely N-dealkylation sites (tertiary alicyclic amines) is 1. The molecule has 0 unspecified atom stereocenters. The van der Waals surface area contributed by atoms with Crippen molar-refractivity contribution in [2.75, 3.05) is 32.8 Å². The van der Waals surface area contributed by atoms with Crippen LogP contribution in [-0.4, -0.2) is 84.1 Å². The number of hydrogen-bond donors (Lipinski definition) is 2. The van der Waals surface area contributed by atoms with Crippen molar-refractivity contribution < 1.29 is 23.8 Å². The van der Waals surface area contributed by atoms with E-state index < -0.39 is 6.10 Å². The minimum atomic E-state index is -0.635. The van der Waals surface area contributed by atoms with Crippen LogP contribution >= 0.6 is 0 Å². The predicted octanol–water partition coefficient (Wildman–Crippen LogP) is 2.72. The molecule has 37 heavy (non-hydrogen) atoms. The van der Waals surface area contributed by atoms with Gasteiger partial charge in [-0.3, -0.25) is 14.6 Å². The summed E-state index contributed by atoms with van der Waals surface area (Å²) < 4.78 is 26.5. The van der Waals surface area contributed by atoms with E-state index in [0.29, 0.717) is 31.7 Å². The molecule has 7 nitrogen and oxygen atoms in total. The summed E-state index contributed by atoms with van der Waals surface area (Å²) >= 11 is 0. The van der Waals surface area contributed by atoms with Gasteiger partial charge in [-0.15, -0.1) is 0 Å². The predicted molar refractivity (Wildman–Crippen MR) is 138 cm³/mol. The highest BCUT2D eigenvalue weighted by atomic mass is 19.1. The zero-order valence-corrected chi connectivity index (χ0v) is 21.3. The van der Waals surface area contributed by atoms with Crippen LogP contribution in [0.25, 0.3) is 0 Å². The number of aliphatic hydroxyl groups is 1. The van der Waals surface area contributed by atoms with Crippen molar-refractivity contribution >= 4 is 5.91 Å². The highest BCUT2D eigenvalue weighted by Crippen LogP contribution is 2.29. The Hall–Kier alpha value is -2.36. The number of amides is 1. The molecule has 5 rings (SSSR count). The number of aliphatic hydroxyl groups excluding tert-OH is 1. The maximum absolute atomic E-state index is 14.4. The van der Waals surface area contributed by atoms with Gasteiger partial charge in [0.1, 0.15) is 5.82 Å². The Morgan fingerprint density at radius 3 is 2.65 bits per heavy atom. The number of fused-ring (bicyclic) bond motifs is 1. The van der Waals surface area contributed by atoms with Gasteiger partial charge in [0.05, 0.1) is 37.9 Å². The largest absolute Gasteiger partial charge is 0.389 e. The molecule has 2 N–H and O–H groups in total. The molecule has 3 fully saturated rings. The normalized spacial score (nSPS) is 29.3. The van der Waals surface area contributed by atoms with E-state index >= 15 is 0 Å². The highest BCUT2D eigenvalue weighted by molar-refractivity contribution is 5.76. The Labute approximate surface area is 218 Å². The van der Waals surface area contributed by atoms with Crippen molar-refractivity contribution in [2.45, 2.75) is 69.2 Å². The van der Waals surface area contributed by atoms with Gasteiger partial charge in [-0.05, 0) is 30.9 Å². The fraction of sp³-hybridized carbons (Fsp3) is 0.552. The third-order valence-corrected chi connectivity index (χ3v) is 7.72. The Morgan fingerprint density at radius 1 is 1.00 bits per heavy atom. The van der Waals surface area contributed by atoms with Crippen molar-refractivity contribution in [2.24, 2.45) is 0 Å². The van der Waals surface area contributed by atoms with Gasteiger partial charge < -0.3 is 19.9 Å². The number of hydrogen-bond acceptors (Lipinski definition) is 6. The molecule has 3 saturated heterocycles. The number of nitrogens with one attached hydrogen (secondary N) is 1. The van der Waals surface area contributed by atoms with Crippen LogP contribution in [0.4, 0.5) is 4.39 Å². The van der Waals surface area contributed by atoms with E-state index in [9.17, 15) is 14.3 Å². The van der Waals surface area contributed by atoms with Gasteiger partial charge in [0.25, 0.3) is 0 Å². The molecular formula is C29H38FN3O4. The molecule has 200 valence electrons. The van der Waals surface area contributed by atoms with Gasteiger partial charge >= 0.3 is 0 Å². The van der Waals surface area contributed by atoms with Crippen LogP contribution in [0.15, 0.2) is 54.6 Å². The number of carbonyl (C=O) groups is 1. The quantitative estimate of drug-likeness (QED) is 0.596. The maximum Gasteiger partial charge on any atom is 0.222 e. The topological polar surface area (TPSA) is 74.3 Å². The summed E-state index contributed by atoms with van der Waals surface area (Å²) in [6.45, 7) is 4.10. The molecule has 2 aromatic rings. The first-order chi connectivity index (χ1) is 18.0. The Morgan fingerprint density at radius 2 is 1.81 bits per heavy atom. The molecule has 0 radical (unpaired) electrons. The first-order valence-electron chi connectivity index (χ1n) is 13.5. The average Bonchev–Trinajstić information content (AvgIpc) is 3.31. The lowest BCUT2D eigenvalue weighted by Crippen LogP contribution is -2.55. The maximum atomic E-state index is 14.4. The highest BCUT2D eigenvalue weighted by Gasteiger charge is 2.38. The number of rotatable bonds is 7. The van der Waals surface area contributed by atoms with Gasteiger partial charge in [-0.25, -0.2) is 4.39 Å². The first-order valence-corrected chi connectivity index (χ1v) is 13.5. The molecule has 3 aliphatic rings. The van der Waals surface area contributed by atoms with E-state index in [0.717, 1.165) is 38.9 Å². The van der Waals surface area contributed by atoms with E-state index in [-0.39, 0.29) is 42.6 Å². The van der Waals surface area contributed by atoms with Crippen molar-refractivity contribution in [3.8, 4) is 0 Å². The van der Waals surface area contributed by atoms with Crippen molar-refractivity contribution in [3.63, 3.8) is 0 Å². The lowest BCUT2D eigenvalue weighted by atomic mass is 9.94. The smallest absolute Gasteiger partial charge is 0.222 e. The second kappa shape index (κ2) is 12.5. The number of benzene rings is 2. The standard InChI is InChI=1S/C29H38FN3O4/c30-26-9-5-4-8-22(26)16-33-18-24(34)19-36-20-28-27(33)11-10-25(37-28)14-29(35)31-23-12-13-32(17-23)15-21-6-2-1-3-7-21/h1-9,23-25,27-28,34H,10-20H2,(H,31,35)/t23-,24-,25-,27-,28+/m0/s1. The lowest BCUT2D eigenvalue weighted by molar-refractivity contribution is -0.158. The molecule has 0 spiro atoms. The van der Waals surface area contributed by atoms with Gasteiger partial charge in [-0.2, -0.15) is 0 Å². The average molecular weight is 512 g/mol. The van der Waals surface area contributed by atoms with Crippen molar-refractivity contribution in [1.29, 1.82) is 0 Å². The minimum Gasteiger partial charge on any atom is -0.389 e. The summed E-state index contributed by atoms with van der Waals surface area (Å²) in [6.07, 6.45) is 1.80. The number of nitrogens with zero attached hydrogens (tertiary/aromatic N) is 2. The van der Waals surface area contributed by atoms with Crippen LogP contribution in [-0.2, 0) is 27.4 Å². The molecule has 8 heteroatoms. The Balaban J connectivity index is 1.13. The van der Waals surface area contributed by atoms with E-state index in [1.807, 2.05) is 12.1 Å². The van der Waals surface area contributed by atoms with E-state index in [1.165, 1.54) is 11.6 Å². The molecule has 0 aliphatic carbocycles. The summed E-state index contributed by atoms with van der Waals surface area (Å²) in [7, 11) is 0. The molecule has 1 amide bonds. The monoisotopic (exact) mass is 511 g/mol. The van der Waals surface area contributed by atoms with E-state index in [2.05, 4.69) is 39.4 Å². The molecular weight excluding hydrogens is 473 g/mol. The van der Waals surface area contributed by atoms with Crippen LogP contribution in [0.1, 0.15) is 36.8 Å². The van der Waals surface area contributed by atoms with Crippen LogP contribution in [0, 0.1) is 5.82 Å². The molecule has 0 aromatic heterocycles. The number of ether oxygens (including phenoxy) is 2. The number of β-amino-alcohol motifs (C(OH)–C–C–N with tert-alkyl or cyclic N) is 1. The van der Waals surface area contributed by atoms with Crippen LogP contribution in [0.2, 0.25) is 0 Å². The molecule has 5 atom stereocenters. The second-order valence-electron chi connectivity index (χ2n) is 10.6. The molecule has 3 aliphatic heterocycles. The summed E-state index contributed by atoms with van der Waals surface area (Å²) in [5, 5.41) is 13.6. The molecule has 2 aromatic carbocycles. The fourth-order valence-corrected chi connectivity index (χ4v) is 5.90. The summed E-state index contributed by atoms with van der Waals surface area (Å²) in [5.41, 5.74) is 1.90.